The van der Waals surface area contributed by atoms with Gasteiger partial charge in [-0.3, -0.25) is 4.79 Å². The zero-order valence-electron chi connectivity index (χ0n) is 11.0. The van der Waals surface area contributed by atoms with Crippen molar-refractivity contribution in [3.05, 3.63) is 35.4 Å². The lowest BCUT2D eigenvalue weighted by molar-refractivity contribution is -0.131. The number of cyclic esters (lactones) is 1. The number of fused-ring (bicyclic) bond motifs is 1. The van der Waals surface area contributed by atoms with E-state index in [1.165, 1.54) is 0 Å². The number of amides is 1. The molecule has 0 radical (unpaired) electrons. The molecule has 1 aromatic rings. The van der Waals surface area contributed by atoms with Crippen LogP contribution in [0, 0.1) is 0 Å². The van der Waals surface area contributed by atoms with Gasteiger partial charge in [0.05, 0.1) is 12.2 Å². The topological polar surface area (TPSA) is 64.6 Å². The first-order valence-electron chi connectivity index (χ1n) is 6.20. The normalized spacial score (nSPS) is 19.3. The van der Waals surface area contributed by atoms with Crippen LogP contribution in [0.25, 0.3) is 0 Å². The smallest absolute Gasteiger partial charge is 0.339 e. The molecule has 0 saturated carbocycles. The van der Waals surface area contributed by atoms with Crippen molar-refractivity contribution in [2.24, 2.45) is 0 Å². The molecule has 5 nitrogen and oxygen atoms in total. The number of carbonyl (C=O) groups excluding carboxylic acids is 2. The average molecular weight is 263 g/mol. The fourth-order valence-corrected chi connectivity index (χ4v) is 2.11. The molecule has 1 aliphatic rings. The number of nitrogens with one attached hydrogen (secondary N) is 1. The molecule has 19 heavy (non-hydrogen) atoms. The summed E-state index contributed by atoms with van der Waals surface area (Å²) in [6, 6.07) is 7.06. The highest BCUT2D eigenvalue weighted by molar-refractivity contribution is 5.95. The first-order valence-corrected chi connectivity index (χ1v) is 6.20. The van der Waals surface area contributed by atoms with Crippen LogP contribution in [0.1, 0.15) is 22.8 Å². The van der Waals surface area contributed by atoms with Crippen LogP contribution in [-0.2, 0) is 20.7 Å². The molecule has 1 aliphatic heterocycles. The molecular formula is C14H17NO4. The van der Waals surface area contributed by atoms with E-state index in [9.17, 15) is 9.59 Å². The van der Waals surface area contributed by atoms with Crippen LogP contribution in [0.15, 0.2) is 24.3 Å². The summed E-state index contributed by atoms with van der Waals surface area (Å²) < 4.78 is 10.1. The monoisotopic (exact) mass is 263 g/mol. The highest BCUT2D eigenvalue weighted by Crippen LogP contribution is 2.20. The van der Waals surface area contributed by atoms with Gasteiger partial charge in [-0.2, -0.15) is 0 Å². The second-order valence-corrected chi connectivity index (χ2v) is 4.62. The van der Waals surface area contributed by atoms with Crippen LogP contribution in [-0.4, -0.2) is 37.7 Å². The molecule has 5 heteroatoms. The minimum Gasteiger partial charge on any atom is -0.448 e. The molecule has 102 valence electrons. The molecule has 2 rings (SSSR count). The zero-order valence-corrected chi connectivity index (χ0v) is 11.0. The highest BCUT2D eigenvalue weighted by atomic mass is 16.5. The predicted molar refractivity (Wildman–Crippen MR) is 68.8 cm³/mol. The summed E-state index contributed by atoms with van der Waals surface area (Å²) in [5.41, 5.74) is 1.38. The molecule has 1 heterocycles. The molecular weight excluding hydrogens is 246 g/mol. The van der Waals surface area contributed by atoms with Crippen molar-refractivity contribution in [3.63, 3.8) is 0 Å². The van der Waals surface area contributed by atoms with Crippen molar-refractivity contribution >= 4 is 11.9 Å². The fraction of sp³-hybridized carbons (Fsp3) is 0.429. The fourth-order valence-electron chi connectivity index (χ4n) is 2.11. The van der Waals surface area contributed by atoms with E-state index in [4.69, 9.17) is 9.47 Å². The Morgan fingerprint density at radius 3 is 3.00 bits per heavy atom. The Bertz CT molecular complexity index is 486. The summed E-state index contributed by atoms with van der Waals surface area (Å²) in [7, 11) is 1.57. The lowest BCUT2D eigenvalue weighted by atomic mass is 9.98. The van der Waals surface area contributed by atoms with Gasteiger partial charge in [0.25, 0.3) is 5.91 Å². The van der Waals surface area contributed by atoms with Gasteiger partial charge in [0.2, 0.25) is 0 Å². The quantitative estimate of drug-likeness (QED) is 0.820. The SMILES string of the molecule is COCC(C)NC(=O)C1Cc2ccccc2C(=O)O1. The van der Waals surface area contributed by atoms with Crippen LogP contribution >= 0.6 is 0 Å². The lowest BCUT2D eigenvalue weighted by Crippen LogP contribution is -2.46. The lowest BCUT2D eigenvalue weighted by Gasteiger charge is -2.25. The van der Waals surface area contributed by atoms with E-state index in [2.05, 4.69) is 5.32 Å². The molecule has 2 unspecified atom stereocenters. The Labute approximate surface area is 111 Å². The van der Waals surface area contributed by atoms with Gasteiger partial charge >= 0.3 is 5.97 Å². The van der Waals surface area contributed by atoms with Crippen LogP contribution in [0.4, 0.5) is 0 Å². The Morgan fingerprint density at radius 2 is 2.26 bits per heavy atom. The van der Waals surface area contributed by atoms with Crippen LogP contribution in [0.3, 0.4) is 0 Å². The summed E-state index contributed by atoms with van der Waals surface area (Å²) in [5.74, 6) is -0.728. The summed E-state index contributed by atoms with van der Waals surface area (Å²) >= 11 is 0. The molecule has 0 bridgehead atoms. The van der Waals surface area contributed by atoms with Crippen molar-refractivity contribution < 1.29 is 19.1 Å². The summed E-state index contributed by atoms with van der Waals surface area (Å²) in [4.78, 5) is 23.8. The van der Waals surface area contributed by atoms with E-state index < -0.39 is 12.1 Å². The Kier molecular flexibility index (Phi) is 4.16. The number of ether oxygens (including phenoxy) is 2. The molecule has 0 aliphatic carbocycles. The molecule has 0 saturated heterocycles. The molecule has 0 aromatic heterocycles. The largest absolute Gasteiger partial charge is 0.448 e. The maximum atomic E-state index is 12.0. The molecule has 2 atom stereocenters. The summed E-state index contributed by atoms with van der Waals surface area (Å²) in [6.07, 6.45) is -0.352. The second kappa shape index (κ2) is 5.84. The minimum absolute atomic E-state index is 0.117. The number of rotatable bonds is 4. The highest BCUT2D eigenvalue weighted by Gasteiger charge is 2.31. The Morgan fingerprint density at radius 1 is 1.53 bits per heavy atom. The summed E-state index contributed by atoms with van der Waals surface area (Å²) in [6.45, 7) is 2.25. The maximum Gasteiger partial charge on any atom is 0.339 e. The van der Waals surface area contributed by atoms with Crippen molar-refractivity contribution in [3.8, 4) is 0 Å². The third-order valence-corrected chi connectivity index (χ3v) is 2.99. The standard InChI is InChI=1S/C14H17NO4/c1-9(8-18-2)15-13(16)12-7-10-5-3-4-6-11(10)14(17)19-12/h3-6,9,12H,7-8H2,1-2H3,(H,15,16). The first-order chi connectivity index (χ1) is 9.11. The second-order valence-electron chi connectivity index (χ2n) is 4.62. The Balaban J connectivity index is 2.04. The van der Waals surface area contributed by atoms with Crippen molar-refractivity contribution in [2.75, 3.05) is 13.7 Å². The number of methoxy groups -OCH3 is 1. The number of hydrogen-bond acceptors (Lipinski definition) is 4. The maximum absolute atomic E-state index is 12.0. The number of carbonyl (C=O) groups is 2. The van der Waals surface area contributed by atoms with Gasteiger partial charge < -0.3 is 14.8 Å². The van der Waals surface area contributed by atoms with Gasteiger partial charge in [-0.15, -0.1) is 0 Å². The summed E-state index contributed by atoms with van der Waals surface area (Å²) in [5, 5.41) is 2.76. The zero-order chi connectivity index (χ0) is 13.8. The minimum atomic E-state index is -0.762. The van der Waals surface area contributed by atoms with Crippen molar-refractivity contribution in [2.45, 2.75) is 25.5 Å². The van der Waals surface area contributed by atoms with E-state index in [0.717, 1.165) is 5.56 Å². The van der Waals surface area contributed by atoms with Gasteiger partial charge in [0.1, 0.15) is 0 Å². The Hall–Kier alpha value is -1.88. The molecule has 0 fully saturated rings. The van der Waals surface area contributed by atoms with Crippen molar-refractivity contribution in [1.82, 2.24) is 5.32 Å². The van der Waals surface area contributed by atoms with E-state index in [1.807, 2.05) is 19.1 Å². The van der Waals surface area contributed by atoms with E-state index >= 15 is 0 Å². The number of hydrogen-bond donors (Lipinski definition) is 1. The predicted octanol–water partition coefficient (Wildman–Crippen LogP) is 0.919. The molecule has 0 spiro atoms. The van der Waals surface area contributed by atoms with Gasteiger partial charge in [-0.05, 0) is 18.6 Å². The third kappa shape index (κ3) is 3.12. The van der Waals surface area contributed by atoms with Gasteiger partial charge in [0, 0.05) is 19.6 Å². The van der Waals surface area contributed by atoms with Crippen molar-refractivity contribution in [1.29, 1.82) is 0 Å². The van der Waals surface area contributed by atoms with Gasteiger partial charge in [-0.1, -0.05) is 18.2 Å². The van der Waals surface area contributed by atoms with E-state index in [0.29, 0.717) is 18.6 Å². The van der Waals surface area contributed by atoms with Gasteiger partial charge in [-0.25, -0.2) is 4.79 Å². The van der Waals surface area contributed by atoms with Crippen LogP contribution in [0.2, 0.25) is 0 Å². The molecule has 1 N–H and O–H groups in total. The van der Waals surface area contributed by atoms with E-state index in [1.54, 1.807) is 19.2 Å². The molecule has 1 aromatic carbocycles. The van der Waals surface area contributed by atoms with Crippen LogP contribution in [0.5, 0.6) is 0 Å². The number of benzene rings is 1. The average Bonchev–Trinajstić information content (AvgIpc) is 2.39. The third-order valence-electron chi connectivity index (χ3n) is 2.99. The number of esters is 1. The molecule has 1 amide bonds. The first kappa shape index (κ1) is 13.5. The van der Waals surface area contributed by atoms with E-state index in [-0.39, 0.29) is 11.9 Å². The van der Waals surface area contributed by atoms with Crippen LogP contribution < -0.4 is 5.32 Å². The van der Waals surface area contributed by atoms with Gasteiger partial charge in [0.15, 0.2) is 6.10 Å².